The van der Waals surface area contributed by atoms with E-state index in [9.17, 15) is 0 Å². The summed E-state index contributed by atoms with van der Waals surface area (Å²) in [5, 5.41) is 14.7. The number of aromatic nitrogens is 4. The van der Waals surface area contributed by atoms with Gasteiger partial charge in [0, 0.05) is 87.4 Å². The van der Waals surface area contributed by atoms with Crippen molar-refractivity contribution in [2.75, 3.05) is 0 Å². The van der Waals surface area contributed by atoms with E-state index in [0.29, 0.717) is 0 Å². The highest BCUT2D eigenvalue weighted by molar-refractivity contribution is 7.26. The summed E-state index contributed by atoms with van der Waals surface area (Å²) in [6.07, 6.45) is 7.94. The summed E-state index contributed by atoms with van der Waals surface area (Å²) in [5.74, 6) is 1.44. The average molecular weight is 799 g/mol. The fourth-order valence-corrected chi connectivity index (χ4v) is 11.4. The minimum Gasteiger partial charge on any atom is -0.236 e. The second-order valence-electron chi connectivity index (χ2n) is 15.4. The molecule has 0 amide bonds. The van der Waals surface area contributed by atoms with E-state index in [1.165, 1.54) is 83.4 Å². The summed E-state index contributed by atoms with van der Waals surface area (Å²) in [5.41, 5.74) is 6.23. The highest BCUT2D eigenvalue weighted by atomic mass is 32.1. The molecule has 0 spiro atoms. The molecule has 4 aromatic heterocycles. The van der Waals surface area contributed by atoms with E-state index in [-0.39, 0.29) is 0 Å². The largest absolute Gasteiger partial charge is 0.236 e. The molecule has 0 atom stereocenters. The van der Waals surface area contributed by atoms with Crippen LogP contribution in [-0.2, 0) is 0 Å². The minimum absolute atomic E-state index is 0.719. The van der Waals surface area contributed by atoms with Crippen LogP contribution in [0.3, 0.4) is 0 Å². The van der Waals surface area contributed by atoms with Gasteiger partial charge in [-0.2, -0.15) is 0 Å². The lowest BCUT2D eigenvalue weighted by Crippen LogP contribution is -1.92. The number of hydrogen-bond donors (Lipinski definition) is 0. The van der Waals surface area contributed by atoms with Gasteiger partial charge in [0.1, 0.15) is 0 Å². The second kappa shape index (κ2) is 13.1. The molecule has 9 aromatic carbocycles. The molecule has 13 aromatic rings. The Kier molecular flexibility index (Phi) is 7.31. The molecule has 278 valence electrons. The normalized spacial score (nSPS) is 12.0. The first kappa shape index (κ1) is 33.6. The third-order valence-corrected chi connectivity index (χ3v) is 14.3. The maximum absolute atomic E-state index is 4.90. The zero-order valence-corrected chi connectivity index (χ0v) is 33.6. The van der Waals surface area contributed by atoms with Gasteiger partial charge in [-0.3, -0.25) is 0 Å². The molecule has 4 nitrogen and oxygen atoms in total. The molecule has 0 unspecified atom stereocenters. The van der Waals surface area contributed by atoms with Crippen molar-refractivity contribution in [2.45, 2.75) is 0 Å². The lowest BCUT2D eigenvalue weighted by Gasteiger charge is -2.16. The molecule has 0 radical (unpaired) electrons. The van der Waals surface area contributed by atoms with Crippen LogP contribution >= 0.6 is 22.7 Å². The Bertz CT molecular complexity index is 3600. The zero-order chi connectivity index (χ0) is 39.3. The van der Waals surface area contributed by atoms with Crippen LogP contribution in [0.4, 0.5) is 0 Å². The van der Waals surface area contributed by atoms with Crippen molar-refractivity contribution in [3.05, 3.63) is 183 Å². The predicted octanol–water partition coefficient (Wildman–Crippen LogP) is 15.3. The number of rotatable bonds is 4. The molecule has 0 saturated carbocycles. The Balaban J connectivity index is 1.10. The van der Waals surface area contributed by atoms with Gasteiger partial charge < -0.3 is 0 Å². The standard InChI is InChI=1S/C54H30N4S2/c1-3-11-31(12-4-1)53-55-27-35(28-56-53)41-21-33-19-40-34(20-39(33)45-25-51-47(23-43(41)45)37-15-7-9-17-49(37)59-51)22-42(36-29-57-54(58-30-36)32-13-5-2-6-14-32)44-24-48-38-16-8-10-18-50(38)60-52(48)26-46(40)44/h1-30H. The van der Waals surface area contributed by atoms with Gasteiger partial charge in [-0.15, -0.1) is 22.7 Å². The summed E-state index contributed by atoms with van der Waals surface area (Å²) >= 11 is 3.71. The molecule has 0 N–H and O–H groups in total. The molecule has 4 heterocycles. The van der Waals surface area contributed by atoms with Crippen molar-refractivity contribution >= 4 is 106 Å². The van der Waals surface area contributed by atoms with E-state index in [4.69, 9.17) is 19.9 Å². The number of hydrogen-bond acceptors (Lipinski definition) is 6. The van der Waals surface area contributed by atoms with Crippen LogP contribution in [0.2, 0.25) is 0 Å². The summed E-state index contributed by atoms with van der Waals surface area (Å²) in [7, 11) is 0. The lowest BCUT2D eigenvalue weighted by atomic mass is 9.88. The van der Waals surface area contributed by atoms with Crippen LogP contribution < -0.4 is 0 Å². The fourth-order valence-electron chi connectivity index (χ4n) is 9.12. The first-order valence-electron chi connectivity index (χ1n) is 20.0. The quantitative estimate of drug-likeness (QED) is 0.131. The van der Waals surface area contributed by atoms with Crippen molar-refractivity contribution in [3.63, 3.8) is 0 Å². The van der Waals surface area contributed by atoms with Gasteiger partial charge in [-0.1, -0.05) is 97.1 Å². The summed E-state index contributed by atoms with van der Waals surface area (Å²) in [6.45, 7) is 0. The van der Waals surface area contributed by atoms with E-state index >= 15 is 0 Å². The van der Waals surface area contributed by atoms with Crippen molar-refractivity contribution < 1.29 is 0 Å². The molecular formula is C54H30N4S2. The van der Waals surface area contributed by atoms with Crippen LogP contribution in [0.5, 0.6) is 0 Å². The highest BCUT2D eigenvalue weighted by Crippen LogP contribution is 2.46. The first-order valence-corrected chi connectivity index (χ1v) is 21.6. The van der Waals surface area contributed by atoms with Crippen molar-refractivity contribution in [1.82, 2.24) is 19.9 Å². The Morgan fingerprint density at radius 1 is 0.267 bits per heavy atom. The van der Waals surface area contributed by atoms with Gasteiger partial charge in [-0.25, -0.2) is 19.9 Å². The van der Waals surface area contributed by atoms with E-state index in [1.807, 2.05) is 83.9 Å². The molecule has 60 heavy (non-hydrogen) atoms. The molecule has 0 aliphatic rings. The van der Waals surface area contributed by atoms with E-state index in [0.717, 1.165) is 45.0 Å². The monoisotopic (exact) mass is 798 g/mol. The molecule has 0 aliphatic carbocycles. The lowest BCUT2D eigenvalue weighted by molar-refractivity contribution is 1.18. The van der Waals surface area contributed by atoms with Crippen LogP contribution in [0.15, 0.2) is 183 Å². The SMILES string of the molecule is c1ccc(-c2ncc(-c3cc4cc5c(cc(-c6cnc(-c7ccccc7)nc6)c6cc7c(cc65)sc5ccccc57)cc4c4cc5sc6ccccc6c5cc34)cn2)cc1. The Hall–Kier alpha value is -7.38. The predicted molar refractivity (Wildman–Crippen MR) is 255 cm³/mol. The number of nitrogens with zero attached hydrogens (tertiary/aromatic N) is 4. The Morgan fingerprint density at radius 3 is 1.10 bits per heavy atom. The van der Waals surface area contributed by atoms with Gasteiger partial charge >= 0.3 is 0 Å². The van der Waals surface area contributed by atoms with Crippen LogP contribution in [0.1, 0.15) is 0 Å². The van der Waals surface area contributed by atoms with Crippen molar-refractivity contribution in [3.8, 4) is 45.0 Å². The maximum atomic E-state index is 4.90. The van der Waals surface area contributed by atoms with Gasteiger partial charge in [0.2, 0.25) is 0 Å². The molecule has 0 saturated heterocycles. The Morgan fingerprint density at radius 2 is 0.667 bits per heavy atom. The van der Waals surface area contributed by atoms with Crippen LogP contribution in [0, 0.1) is 0 Å². The maximum Gasteiger partial charge on any atom is 0.159 e. The summed E-state index contributed by atoms with van der Waals surface area (Å²) in [6, 6.07) is 56.9. The zero-order valence-electron chi connectivity index (χ0n) is 31.9. The van der Waals surface area contributed by atoms with Crippen molar-refractivity contribution in [2.24, 2.45) is 0 Å². The van der Waals surface area contributed by atoms with E-state index in [1.54, 1.807) is 0 Å². The molecular weight excluding hydrogens is 769 g/mol. The third-order valence-electron chi connectivity index (χ3n) is 12.0. The number of thiophene rings is 2. The third kappa shape index (κ3) is 5.21. The van der Waals surface area contributed by atoms with E-state index < -0.39 is 0 Å². The average Bonchev–Trinajstić information content (AvgIpc) is 3.87. The molecule has 13 rings (SSSR count). The second-order valence-corrected chi connectivity index (χ2v) is 17.6. The molecule has 0 bridgehead atoms. The summed E-state index contributed by atoms with van der Waals surface area (Å²) < 4.78 is 5.14. The Labute approximate surface area is 351 Å². The van der Waals surface area contributed by atoms with Crippen LogP contribution in [0.25, 0.3) is 128 Å². The smallest absolute Gasteiger partial charge is 0.159 e. The van der Waals surface area contributed by atoms with Gasteiger partial charge in [-0.05, 0) is 115 Å². The molecule has 0 aliphatic heterocycles. The van der Waals surface area contributed by atoms with E-state index in [2.05, 4.69) is 121 Å². The molecule has 0 fully saturated rings. The van der Waals surface area contributed by atoms with Gasteiger partial charge in [0.25, 0.3) is 0 Å². The first-order chi connectivity index (χ1) is 29.7. The molecule has 6 heteroatoms. The minimum atomic E-state index is 0.719. The number of benzene rings is 9. The highest BCUT2D eigenvalue weighted by Gasteiger charge is 2.18. The summed E-state index contributed by atoms with van der Waals surface area (Å²) in [4.78, 5) is 19.6. The van der Waals surface area contributed by atoms with Crippen LogP contribution in [-0.4, -0.2) is 19.9 Å². The number of fused-ring (bicyclic) bond motifs is 12. The topological polar surface area (TPSA) is 51.6 Å². The fraction of sp³-hybridized carbons (Fsp3) is 0. The van der Waals surface area contributed by atoms with Crippen molar-refractivity contribution in [1.29, 1.82) is 0 Å². The van der Waals surface area contributed by atoms with Gasteiger partial charge in [0.05, 0.1) is 0 Å². The van der Waals surface area contributed by atoms with Gasteiger partial charge in [0.15, 0.2) is 11.6 Å².